The van der Waals surface area contributed by atoms with Crippen LogP contribution in [0.3, 0.4) is 0 Å². The Morgan fingerprint density at radius 2 is 1.68 bits per heavy atom. The van der Waals surface area contributed by atoms with Crippen LogP contribution in [-0.4, -0.2) is 56.6 Å². The summed E-state index contributed by atoms with van der Waals surface area (Å²) in [6.45, 7) is 4.76. The number of halogens is 4. The van der Waals surface area contributed by atoms with Crippen molar-refractivity contribution in [2.75, 3.05) is 23.7 Å². The van der Waals surface area contributed by atoms with E-state index in [0.29, 0.717) is 23.2 Å². The lowest BCUT2D eigenvalue weighted by atomic mass is 10.1. The van der Waals surface area contributed by atoms with E-state index in [1.807, 2.05) is 44.2 Å². The Kier molecular flexibility index (Phi) is 11.0. The maximum absolute atomic E-state index is 13.6. The quantitative estimate of drug-likeness (QED) is 0.390. The molecule has 0 heterocycles. The SMILES string of the molecule is CC[C@@H](C)NC(=O)[C@H](CC)N(CCc1ccccc1)C(=O)CN(c1ccc(Cl)c(C(F)(F)F)c1)S(C)(=O)=O. The standard InChI is InChI=1S/C26H33ClF3N3O4S/c1-5-18(3)31-25(35)23(6-2)32(15-14-19-10-8-7-9-11-19)24(34)17-33(38(4,36)37)20-12-13-22(27)21(16-20)26(28,29)30/h7-13,16,18,23H,5-6,14-15,17H2,1-4H3,(H,31,35)/t18-,23+/m1/s1. The van der Waals surface area contributed by atoms with Gasteiger partial charge in [0.15, 0.2) is 0 Å². The molecule has 0 saturated heterocycles. The van der Waals surface area contributed by atoms with Crippen molar-refractivity contribution in [1.29, 1.82) is 0 Å². The summed E-state index contributed by atoms with van der Waals surface area (Å²) in [4.78, 5) is 28.0. The lowest BCUT2D eigenvalue weighted by Gasteiger charge is -2.33. The first-order valence-corrected chi connectivity index (χ1v) is 14.4. The van der Waals surface area contributed by atoms with E-state index >= 15 is 0 Å². The molecule has 1 N–H and O–H groups in total. The second kappa shape index (κ2) is 13.3. The van der Waals surface area contributed by atoms with Crippen LogP contribution in [-0.2, 0) is 32.2 Å². The van der Waals surface area contributed by atoms with Gasteiger partial charge in [-0.2, -0.15) is 13.2 Å². The molecule has 0 fully saturated rings. The molecule has 0 saturated carbocycles. The minimum absolute atomic E-state index is 0.0985. The van der Waals surface area contributed by atoms with Gasteiger partial charge >= 0.3 is 6.18 Å². The number of carbonyl (C=O) groups excluding carboxylic acids is 2. The molecule has 0 spiro atoms. The van der Waals surface area contributed by atoms with Crippen LogP contribution in [0.5, 0.6) is 0 Å². The van der Waals surface area contributed by atoms with Crippen molar-refractivity contribution in [3.8, 4) is 0 Å². The third kappa shape index (κ3) is 8.62. The number of hydrogen-bond donors (Lipinski definition) is 1. The van der Waals surface area contributed by atoms with Gasteiger partial charge < -0.3 is 10.2 Å². The first-order chi connectivity index (χ1) is 17.7. The van der Waals surface area contributed by atoms with Crippen molar-refractivity contribution in [3.63, 3.8) is 0 Å². The lowest BCUT2D eigenvalue weighted by molar-refractivity contribution is -0.139. The Morgan fingerprint density at radius 1 is 1.05 bits per heavy atom. The molecule has 2 aromatic rings. The Hall–Kier alpha value is -2.79. The first kappa shape index (κ1) is 31.4. The average molecular weight is 576 g/mol. The molecule has 210 valence electrons. The number of nitrogens with zero attached hydrogens (tertiary/aromatic N) is 2. The number of rotatable bonds is 12. The summed E-state index contributed by atoms with van der Waals surface area (Å²) < 4.78 is 66.2. The zero-order valence-electron chi connectivity index (χ0n) is 21.8. The van der Waals surface area contributed by atoms with Crippen LogP contribution in [0.2, 0.25) is 5.02 Å². The van der Waals surface area contributed by atoms with Crippen LogP contribution in [0.15, 0.2) is 48.5 Å². The molecule has 0 radical (unpaired) electrons. The summed E-state index contributed by atoms with van der Waals surface area (Å²) in [6.07, 6.45) is -2.73. The van der Waals surface area contributed by atoms with Gasteiger partial charge in [-0.05, 0) is 49.9 Å². The molecule has 2 rings (SSSR count). The molecule has 0 unspecified atom stereocenters. The molecule has 0 aliphatic heterocycles. The maximum atomic E-state index is 13.6. The largest absolute Gasteiger partial charge is 0.417 e. The predicted octanol–water partition coefficient (Wildman–Crippen LogP) is 4.89. The Labute approximate surface area is 227 Å². The second-order valence-corrected chi connectivity index (χ2v) is 11.3. The van der Waals surface area contributed by atoms with Crippen molar-refractivity contribution in [3.05, 3.63) is 64.7 Å². The highest BCUT2D eigenvalue weighted by Crippen LogP contribution is 2.37. The topological polar surface area (TPSA) is 86.8 Å². The fourth-order valence-corrected chi connectivity index (χ4v) is 4.90. The number of anilines is 1. The smallest absolute Gasteiger partial charge is 0.352 e. The molecule has 0 aliphatic carbocycles. The summed E-state index contributed by atoms with van der Waals surface area (Å²) in [5.74, 6) is -1.11. The minimum atomic E-state index is -4.83. The molecule has 38 heavy (non-hydrogen) atoms. The monoisotopic (exact) mass is 575 g/mol. The maximum Gasteiger partial charge on any atom is 0.417 e. The summed E-state index contributed by atoms with van der Waals surface area (Å²) in [5, 5.41) is 2.26. The number of alkyl halides is 3. The van der Waals surface area contributed by atoms with Gasteiger partial charge in [0, 0.05) is 12.6 Å². The van der Waals surface area contributed by atoms with E-state index < -0.39 is 45.3 Å². The van der Waals surface area contributed by atoms with E-state index in [-0.39, 0.29) is 30.6 Å². The third-order valence-corrected chi connectivity index (χ3v) is 7.56. The molecule has 7 nitrogen and oxygen atoms in total. The fourth-order valence-electron chi connectivity index (χ4n) is 3.84. The molecule has 2 atom stereocenters. The van der Waals surface area contributed by atoms with E-state index in [1.54, 1.807) is 6.92 Å². The van der Waals surface area contributed by atoms with Crippen LogP contribution >= 0.6 is 11.6 Å². The second-order valence-electron chi connectivity index (χ2n) is 9.00. The highest BCUT2D eigenvalue weighted by atomic mass is 35.5. The van der Waals surface area contributed by atoms with Crippen LogP contribution in [0, 0.1) is 0 Å². The normalized spacial score (nSPS) is 13.5. The Balaban J connectivity index is 2.45. The highest BCUT2D eigenvalue weighted by Gasteiger charge is 2.36. The fraction of sp³-hybridized carbons (Fsp3) is 0.462. The number of sulfonamides is 1. The predicted molar refractivity (Wildman–Crippen MR) is 142 cm³/mol. The van der Waals surface area contributed by atoms with Crippen molar-refractivity contribution in [1.82, 2.24) is 10.2 Å². The van der Waals surface area contributed by atoms with Crippen LogP contribution in [0.4, 0.5) is 18.9 Å². The number of amides is 2. The van der Waals surface area contributed by atoms with Gasteiger partial charge in [0.25, 0.3) is 0 Å². The summed E-state index contributed by atoms with van der Waals surface area (Å²) >= 11 is 5.70. The molecule has 2 aromatic carbocycles. The van der Waals surface area contributed by atoms with Gasteiger partial charge in [0.05, 0.1) is 22.5 Å². The molecule has 0 aliphatic rings. The van der Waals surface area contributed by atoms with Crippen LogP contribution in [0.1, 0.15) is 44.7 Å². The van der Waals surface area contributed by atoms with Crippen LogP contribution in [0.25, 0.3) is 0 Å². The van der Waals surface area contributed by atoms with Gasteiger partial charge in [-0.3, -0.25) is 13.9 Å². The number of nitrogens with one attached hydrogen (secondary N) is 1. The lowest BCUT2D eigenvalue weighted by Crippen LogP contribution is -2.54. The summed E-state index contributed by atoms with van der Waals surface area (Å²) in [5.41, 5.74) is -0.689. The van der Waals surface area contributed by atoms with Crippen molar-refractivity contribution >= 4 is 39.1 Å². The van der Waals surface area contributed by atoms with Crippen LogP contribution < -0.4 is 9.62 Å². The van der Waals surface area contributed by atoms with Gasteiger partial charge in [0.1, 0.15) is 12.6 Å². The average Bonchev–Trinajstić information content (AvgIpc) is 2.84. The zero-order chi connectivity index (χ0) is 28.7. The van der Waals surface area contributed by atoms with Gasteiger partial charge in [0.2, 0.25) is 21.8 Å². The van der Waals surface area contributed by atoms with E-state index in [9.17, 15) is 31.2 Å². The van der Waals surface area contributed by atoms with Gasteiger partial charge in [-0.25, -0.2) is 8.42 Å². The van der Waals surface area contributed by atoms with E-state index in [0.717, 1.165) is 24.0 Å². The minimum Gasteiger partial charge on any atom is -0.352 e. The van der Waals surface area contributed by atoms with Crippen molar-refractivity contribution in [2.45, 2.75) is 58.3 Å². The molecule has 0 bridgehead atoms. The van der Waals surface area contributed by atoms with Crippen molar-refractivity contribution < 1.29 is 31.2 Å². The number of hydrogen-bond acceptors (Lipinski definition) is 4. The van der Waals surface area contributed by atoms with Gasteiger partial charge in [-0.1, -0.05) is 55.8 Å². The van der Waals surface area contributed by atoms with E-state index in [1.165, 1.54) is 4.90 Å². The molecular formula is C26H33ClF3N3O4S. The van der Waals surface area contributed by atoms with Gasteiger partial charge in [-0.15, -0.1) is 0 Å². The first-order valence-electron chi connectivity index (χ1n) is 12.2. The molecular weight excluding hydrogens is 543 g/mol. The Morgan fingerprint density at radius 3 is 2.21 bits per heavy atom. The van der Waals surface area contributed by atoms with E-state index in [4.69, 9.17) is 11.6 Å². The highest BCUT2D eigenvalue weighted by molar-refractivity contribution is 7.92. The number of benzene rings is 2. The number of carbonyl (C=O) groups is 2. The summed E-state index contributed by atoms with van der Waals surface area (Å²) in [7, 11) is -4.19. The Bertz CT molecular complexity index is 1210. The molecule has 12 heteroatoms. The molecule has 2 amide bonds. The van der Waals surface area contributed by atoms with E-state index in [2.05, 4.69) is 5.32 Å². The summed E-state index contributed by atoms with van der Waals surface area (Å²) in [6, 6.07) is 10.8. The third-order valence-electron chi connectivity index (χ3n) is 6.09. The van der Waals surface area contributed by atoms with Crippen molar-refractivity contribution in [2.24, 2.45) is 0 Å². The zero-order valence-corrected chi connectivity index (χ0v) is 23.3. The molecule has 0 aromatic heterocycles.